The quantitative estimate of drug-likeness (QED) is 0.578. The van der Waals surface area contributed by atoms with Crippen LogP contribution in [-0.4, -0.2) is 29.1 Å². The van der Waals surface area contributed by atoms with E-state index < -0.39 is 23.8 Å². The van der Waals surface area contributed by atoms with E-state index in [1.165, 1.54) is 11.3 Å². The van der Waals surface area contributed by atoms with Crippen LogP contribution < -0.4 is 5.32 Å². The Balaban J connectivity index is 1.63. The molecule has 0 unspecified atom stereocenters. The summed E-state index contributed by atoms with van der Waals surface area (Å²) in [5, 5.41) is 13.0. The molecule has 2 N–H and O–H groups in total. The molecule has 1 aromatic rings. The fraction of sp³-hybridized carbons (Fsp3) is 0.571. The molecule has 150 valence electrons. The molecule has 1 heterocycles. The van der Waals surface area contributed by atoms with Gasteiger partial charge in [-0.3, -0.25) is 9.59 Å². The lowest BCUT2D eigenvalue weighted by Crippen LogP contribution is -2.36. The van der Waals surface area contributed by atoms with Crippen molar-refractivity contribution in [3.8, 4) is 0 Å². The van der Waals surface area contributed by atoms with Gasteiger partial charge in [-0.15, -0.1) is 11.3 Å². The molecule has 1 amide bonds. The van der Waals surface area contributed by atoms with Crippen molar-refractivity contribution in [2.75, 3.05) is 5.32 Å². The number of rotatable bonds is 5. The predicted octanol–water partition coefficient (Wildman–Crippen LogP) is 3.65. The second-order valence-corrected chi connectivity index (χ2v) is 9.30. The number of amides is 1. The topological polar surface area (TPSA) is 92.7 Å². The van der Waals surface area contributed by atoms with Crippen LogP contribution in [0.3, 0.4) is 0 Å². The van der Waals surface area contributed by atoms with Gasteiger partial charge in [-0.25, -0.2) is 4.79 Å². The Labute approximate surface area is 168 Å². The number of carbonyl (C=O) groups is 3. The highest BCUT2D eigenvalue weighted by Gasteiger charge is 2.51. The first kappa shape index (κ1) is 19.2. The number of hydrogen-bond acceptors (Lipinski definition) is 5. The maximum Gasteiger partial charge on any atom is 0.341 e. The third kappa shape index (κ3) is 3.26. The lowest BCUT2D eigenvalue weighted by Gasteiger charge is -2.23. The van der Waals surface area contributed by atoms with E-state index in [1.54, 1.807) is 13.8 Å². The minimum atomic E-state index is -0.929. The second-order valence-electron chi connectivity index (χ2n) is 8.20. The molecule has 6 nitrogen and oxygen atoms in total. The lowest BCUT2D eigenvalue weighted by atomic mass is 9.82. The summed E-state index contributed by atoms with van der Waals surface area (Å²) in [6, 6.07) is 0. The number of aliphatic carboxylic acids is 1. The van der Waals surface area contributed by atoms with Crippen LogP contribution in [-0.2, 0) is 27.2 Å². The minimum absolute atomic E-state index is 0.0493. The average molecular weight is 404 g/mol. The number of esters is 1. The van der Waals surface area contributed by atoms with E-state index in [2.05, 4.69) is 5.32 Å². The van der Waals surface area contributed by atoms with Crippen LogP contribution in [0.2, 0.25) is 0 Å². The number of nitrogens with one attached hydrogen (secondary N) is 1. The Morgan fingerprint density at radius 3 is 2.50 bits per heavy atom. The fourth-order valence-electron chi connectivity index (χ4n) is 4.85. The molecule has 2 bridgehead atoms. The Hall–Kier alpha value is -2.15. The van der Waals surface area contributed by atoms with Gasteiger partial charge in [0.25, 0.3) is 0 Å². The van der Waals surface area contributed by atoms with E-state index in [0.717, 1.165) is 36.1 Å². The summed E-state index contributed by atoms with van der Waals surface area (Å²) >= 11 is 1.44. The van der Waals surface area contributed by atoms with Crippen LogP contribution in [0.25, 0.3) is 0 Å². The zero-order valence-electron chi connectivity index (χ0n) is 16.1. The standard InChI is InChI=1S/C21H25NO5S/c1-10(2)27-21(26)17-13-5-3-4-6-14(13)28-19(17)22-18(23)15-11-7-8-12(9-11)16(15)20(24)25/h7-8,10-12,15-16H,3-6,9H2,1-2H3,(H,22,23)(H,24,25)/t11-,12-,15+,16+/m0/s1. The van der Waals surface area contributed by atoms with Gasteiger partial charge in [-0.05, 0) is 63.4 Å². The molecule has 0 spiro atoms. The first-order valence-electron chi connectivity index (χ1n) is 9.94. The Bertz CT molecular complexity index is 855. The fourth-order valence-corrected chi connectivity index (χ4v) is 6.13. The Kier molecular flexibility index (Phi) is 5.04. The van der Waals surface area contributed by atoms with Gasteiger partial charge in [-0.2, -0.15) is 0 Å². The molecule has 1 aromatic heterocycles. The zero-order valence-corrected chi connectivity index (χ0v) is 16.9. The average Bonchev–Trinajstić information content (AvgIpc) is 3.32. The smallest absolute Gasteiger partial charge is 0.341 e. The van der Waals surface area contributed by atoms with Crippen LogP contribution in [0.4, 0.5) is 5.00 Å². The van der Waals surface area contributed by atoms with Crippen LogP contribution >= 0.6 is 11.3 Å². The van der Waals surface area contributed by atoms with Crippen molar-refractivity contribution < 1.29 is 24.2 Å². The highest BCUT2D eigenvalue weighted by molar-refractivity contribution is 7.17. The van der Waals surface area contributed by atoms with Crippen molar-refractivity contribution in [2.45, 2.75) is 52.1 Å². The number of aryl methyl sites for hydroxylation is 1. The maximum atomic E-state index is 13.1. The van der Waals surface area contributed by atoms with Gasteiger partial charge in [0.1, 0.15) is 5.00 Å². The van der Waals surface area contributed by atoms with Crippen LogP contribution in [0.15, 0.2) is 12.2 Å². The third-order valence-corrected chi connectivity index (χ3v) is 7.21. The highest BCUT2D eigenvalue weighted by atomic mass is 32.1. The molecule has 7 heteroatoms. The summed E-state index contributed by atoms with van der Waals surface area (Å²) in [4.78, 5) is 38.7. The van der Waals surface area contributed by atoms with Gasteiger partial charge in [-0.1, -0.05) is 12.2 Å². The third-order valence-electron chi connectivity index (χ3n) is 6.00. The van der Waals surface area contributed by atoms with E-state index in [0.29, 0.717) is 17.0 Å². The highest BCUT2D eigenvalue weighted by Crippen LogP contribution is 2.49. The summed E-state index contributed by atoms with van der Waals surface area (Å²) in [6.45, 7) is 3.60. The minimum Gasteiger partial charge on any atom is -0.481 e. The van der Waals surface area contributed by atoms with E-state index in [4.69, 9.17) is 4.74 Å². The van der Waals surface area contributed by atoms with Gasteiger partial charge < -0.3 is 15.2 Å². The first-order valence-corrected chi connectivity index (χ1v) is 10.8. The van der Waals surface area contributed by atoms with E-state index in [1.807, 2.05) is 12.2 Å². The number of thiophene rings is 1. The number of ether oxygens (including phenoxy) is 1. The summed E-state index contributed by atoms with van der Waals surface area (Å²) < 4.78 is 5.43. The van der Waals surface area contributed by atoms with Crippen molar-refractivity contribution in [3.05, 3.63) is 28.2 Å². The van der Waals surface area contributed by atoms with Crippen molar-refractivity contribution in [3.63, 3.8) is 0 Å². The predicted molar refractivity (Wildman–Crippen MR) is 105 cm³/mol. The maximum absolute atomic E-state index is 13.1. The van der Waals surface area contributed by atoms with Crippen molar-refractivity contribution >= 4 is 34.2 Å². The molecule has 4 atom stereocenters. The van der Waals surface area contributed by atoms with Crippen LogP contribution in [0, 0.1) is 23.7 Å². The molecule has 4 rings (SSSR count). The van der Waals surface area contributed by atoms with Crippen LogP contribution in [0.5, 0.6) is 0 Å². The normalized spacial score (nSPS) is 27.7. The van der Waals surface area contributed by atoms with E-state index in [-0.39, 0.29) is 23.8 Å². The number of allylic oxidation sites excluding steroid dienone is 2. The zero-order chi connectivity index (χ0) is 20.0. The Morgan fingerprint density at radius 2 is 1.82 bits per heavy atom. The monoisotopic (exact) mass is 403 g/mol. The number of carbonyl (C=O) groups excluding carboxylic acids is 2. The number of carboxylic acid groups (broad SMARTS) is 1. The molecular weight excluding hydrogens is 378 g/mol. The van der Waals surface area contributed by atoms with Gasteiger partial charge in [0.2, 0.25) is 5.91 Å². The molecule has 0 aromatic carbocycles. The summed E-state index contributed by atoms with van der Waals surface area (Å²) in [5.41, 5.74) is 1.45. The van der Waals surface area contributed by atoms with Crippen molar-refractivity contribution in [1.82, 2.24) is 0 Å². The van der Waals surface area contributed by atoms with Crippen molar-refractivity contribution in [2.24, 2.45) is 23.7 Å². The molecule has 3 aliphatic rings. The molecule has 0 radical (unpaired) electrons. The molecular formula is C21H25NO5S. The summed E-state index contributed by atoms with van der Waals surface area (Å²) in [5.74, 6) is -3.07. The van der Waals surface area contributed by atoms with E-state index in [9.17, 15) is 19.5 Å². The van der Waals surface area contributed by atoms with Gasteiger partial charge in [0, 0.05) is 4.88 Å². The van der Waals surface area contributed by atoms with Gasteiger partial charge in [0.15, 0.2) is 0 Å². The largest absolute Gasteiger partial charge is 0.481 e. The molecule has 3 aliphatic carbocycles. The van der Waals surface area contributed by atoms with Gasteiger partial charge >= 0.3 is 11.9 Å². The van der Waals surface area contributed by atoms with Crippen LogP contribution in [0.1, 0.15) is 53.9 Å². The second kappa shape index (κ2) is 7.35. The summed E-state index contributed by atoms with van der Waals surface area (Å²) in [7, 11) is 0. The molecule has 0 aliphatic heterocycles. The van der Waals surface area contributed by atoms with Gasteiger partial charge in [0.05, 0.1) is 23.5 Å². The SMILES string of the molecule is CC(C)OC(=O)c1c(NC(=O)[C@H]2[C@H](C(=O)O)[C@H]3C=C[C@H]2C3)sc2c1CCCC2. The number of carboxylic acids is 1. The lowest BCUT2D eigenvalue weighted by molar-refractivity contribution is -0.146. The van der Waals surface area contributed by atoms with Crippen molar-refractivity contribution in [1.29, 1.82) is 0 Å². The summed E-state index contributed by atoms with van der Waals surface area (Å²) in [6.07, 6.45) is 8.12. The number of hydrogen-bond donors (Lipinski definition) is 2. The Morgan fingerprint density at radius 1 is 1.14 bits per heavy atom. The molecule has 1 saturated carbocycles. The number of fused-ring (bicyclic) bond motifs is 3. The van der Waals surface area contributed by atoms with E-state index >= 15 is 0 Å². The molecule has 0 saturated heterocycles. The molecule has 28 heavy (non-hydrogen) atoms. The molecule has 1 fully saturated rings. The number of anilines is 1. The first-order chi connectivity index (χ1) is 13.4.